The lowest BCUT2D eigenvalue weighted by atomic mass is 10.2. The summed E-state index contributed by atoms with van der Waals surface area (Å²) in [5.41, 5.74) is 1.15. The number of amides is 1. The van der Waals surface area contributed by atoms with Crippen LogP contribution in [0, 0.1) is 10.1 Å². The fraction of sp³-hybridized carbons (Fsp3) is 0.111. The van der Waals surface area contributed by atoms with Crippen LogP contribution in [0.25, 0.3) is 6.08 Å². The fourth-order valence-corrected chi connectivity index (χ4v) is 3.73. The third-order valence-electron chi connectivity index (χ3n) is 3.87. The quantitative estimate of drug-likeness (QED) is 0.318. The minimum atomic E-state index is -0.487. The number of nitro groups is 1. The van der Waals surface area contributed by atoms with Gasteiger partial charge in [-0.05, 0) is 29.8 Å². The van der Waals surface area contributed by atoms with Gasteiger partial charge in [0.2, 0.25) is 0 Å². The summed E-state index contributed by atoms with van der Waals surface area (Å²) in [7, 11) is 1.44. The third-order valence-corrected chi connectivity index (χ3v) is 5.25. The van der Waals surface area contributed by atoms with Gasteiger partial charge in [-0.3, -0.25) is 19.8 Å². The molecule has 2 aromatic carbocycles. The molecule has 2 N–H and O–H groups in total. The van der Waals surface area contributed by atoms with E-state index in [1.807, 2.05) is 0 Å². The van der Waals surface area contributed by atoms with Crippen molar-refractivity contribution in [1.82, 2.24) is 4.90 Å². The lowest BCUT2D eigenvalue weighted by Crippen LogP contribution is -2.33. The van der Waals surface area contributed by atoms with Gasteiger partial charge < -0.3 is 15.2 Å². The number of thioether (sulfide) groups is 1. The molecule has 1 aliphatic heterocycles. The van der Waals surface area contributed by atoms with Crippen LogP contribution >= 0.6 is 24.0 Å². The average Bonchev–Trinajstić information content (AvgIpc) is 2.94. The summed E-state index contributed by atoms with van der Waals surface area (Å²) in [6, 6.07) is 10.8. The molecule has 0 atom stereocenters. The van der Waals surface area contributed by atoms with Crippen molar-refractivity contribution >= 4 is 51.7 Å². The van der Waals surface area contributed by atoms with E-state index in [1.165, 1.54) is 30.2 Å². The fourth-order valence-electron chi connectivity index (χ4n) is 2.47. The largest absolute Gasteiger partial charge is 0.504 e. The molecular weight excluding hydrogens is 402 g/mol. The highest BCUT2D eigenvalue weighted by atomic mass is 32.2. The number of aromatic hydroxyl groups is 1. The van der Waals surface area contributed by atoms with E-state index in [2.05, 4.69) is 5.32 Å². The Labute approximate surface area is 169 Å². The second kappa shape index (κ2) is 8.28. The van der Waals surface area contributed by atoms with E-state index in [1.54, 1.807) is 30.3 Å². The van der Waals surface area contributed by atoms with E-state index in [9.17, 15) is 20.0 Å². The highest BCUT2D eigenvalue weighted by Crippen LogP contribution is 2.34. The van der Waals surface area contributed by atoms with Crippen molar-refractivity contribution in [3.63, 3.8) is 0 Å². The zero-order chi connectivity index (χ0) is 20.3. The number of nitro benzene ring substituents is 1. The summed E-state index contributed by atoms with van der Waals surface area (Å²) in [4.78, 5) is 24.8. The first-order chi connectivity index (χ1) is 13.4. The summed E-state index contributed by atoms with van der Waals surface area (Å²) in [5.74, 6) is 0.0323. The normalized spacial score (nSPS) is 15.2. The molecule has 3 rings (SSSR count). The van der Waals surface area contributed by atoms with Crippen LogP contribution in [0.15, 0.2) is 47.4 Å². The summed E-state index contributed by atoms with van der Waals surface area (Å²) in [6.07, 6.45) is 1.66. The Balaban J connectivity index is 1.73. The maximum atomic E-state index is 12.7. The third kappa shape index (κ3) is 4.24. The Morgan fingerprint density at radius 1 is 1.36 bits per heavy atom. The summed E-state index contributed by atoms with van der Waals surface area (Å²) in [5, 5.41) is 23.5. The molecule has 28 heavy (non-hydrogen) atoms. The number of hydrogen-bond acceptors (Lipinski definition) is 8. The second-order valence-electron chi connectivity index (χ2n) is 5.68. The van der Waals surface area contributed by atoms with Crippen LogP contribution in [0.1, 0.15) is 5.56 Å². The highest BCUT2D eigenvalue weighted by Gasteiger charge is 2.31. The SMILES string of the molecule is COc1cc(/C=C2/SC(=S)N(CNc3cccc([N+](=O)[O-])c3)C2=O)ccc1O. The Morgan fingerprint density at radius 3 is 2.86 bits per heavy atom. The first-order valence-corrected chi connectivity index (χ1v) is 9.22. The molecule has 2 aromatic rings. The molecule has 0 saturated carbocycles. The number of benzene rings is 2. The first-order valence-electron chi connectivity index (χ1n) is 7.99. The van der Waals surface area contributed by atoms with Gasteiger partial charge >= 0.3 is 0 Å². The molecule has 0 unspecified atom stereocenters. The minimum Gasteiger partial charge on any atom is -0.504 e. The number of phenolic OH excluding ortho intramolecular Hbond substituents is 1. The Kier molecular flexibility index (Phi) is 5.81. The van der Waals surface area contributed by atoms with E-state index >= 15 is 0 Å². The number of nitrogens with zero attached hydrogens (tertiary/aromatic N) is 2. The van der Waals surface area contributed by atoms with Gasteiger partial charge in [0.25, 0.3) is 11.6 Å². The molecule has 10 heteroatoms. The second-order valence-corrected chi connectivity index (χ2v) is 7.36. The first kappa shape index (κ1) is 19.6. The molecule has 8 nitrogen and oxygen atoms in total. The number of rotatable bonds is 6. The topological polar surface area (TPSA) is 105 Å². The molecule has 1 fully saturated rings. The van der Waals surface area contributed by atoms with Crippen LogP contribution in [-0.2, 0) is 4.79 Å². The minimum absolute atomic E-state index is 0.00773. The maximum Gasteiger partial charge on any atom is 0.271 e. The number of ether oxygens (including phenoxy) is 1. The van der Waals surface area contributed by atoms with Crippen LogP contribution in [0.4, 0.5) is 11.4 Å². The number of phenols is 1. The van der Waals surface area contributed by atoms with Crippen molar-refractivity contribution in [3.05, 3.63) is 63.0 Å². The number of thiocarbonyl (C=S) groups is 1. The number of carbonyl (C=O) groups excluding carboxylic acids is 1. The van der Waals surface area contributed by atoms with E-state index < -0.39 is 4.92 Å². The Bertz CT molecular complexity index is 993. The molecule has 1 amide bonds. The van der Waals surface area contributed by atoms with Crippen molar-refractivity contribution < 1.29 is 19.6 Å². The van der Waals surface area contributed by atoms with Crippen LogP contribution < -0.4 is 10.1 Å². The summed E-state index contributed by atoms with van der Waals surface area (Å²) >= 11 is 6.43. The van der Waals surface area contributed by atoms with E-state index in [-0.39, 0.29) is 24.0 Å². The molecule has 0 spiro atoms. The van der Waals surface area contributed by atoms with Gasteiger partial charge in [-0.2, -0.15) is 0 Å². The predicted molar refractivity (Wildman–Crippen MR) is 111 cm³/mol. The predicted octanol–water partition coefficient (Wildman–Crippen LogP) is 3.58. The van der Waals surface area contributed by atoms with Crippen LogP contribution in [0.2, 0.25) is 0 Å². The zero-order valence-corrected chi connectivity index (χ0v) is 16.3. The molecule has 1 heterocycles. The molecule has 1 saturated heterocycles. The van der Waals surface area contributed by atoms with Gasteiger partial charge in [0.05, 0.1) is 23.6 Å². The Morgan fingerprint density at radius 2 is 2.14 bits per heavy atom. The van der Waals surface area contributed by atoms with Crippen molar-refractivity contribution in [2.45, 2.75) is 0 Å². The lowest BCUT2D eigenvalue weighted by molar-refractivity contribution is -0.384. The average molecular weight is 417 g/mol. The number of nitrogens with one attached hydrogen (secondary N) is 1. The smallest absolute Gasteiger partial charge is 0.271 e. The number of anilines is 1. The number of carbonyl (C=O) groups is 1. The molecule has 0 bridgehead atoms. The maximum absolute atomic E-state index is 12.7. The van der Waals surface area contributed by atoms with Crippen molar-refractivity contribution in [2.75, 3.05) is 19.1 Å². The van der Waals surface area contributed by atoms with E-state index in [0.717, 1.165) is 11.8 Å². The van der Waals surface area contributed by atoms with E-state index in [4.69, 9.17) is 17.0 Å². The van der Waals surface area contributed by atoms with Crippen molar-refractivity contribution in [1.29, 1.82) is 0 Å². The molecule has 0 aromatic heterocycles. The van der Waals surface area contributed by atoms with Crippen molar-refractivity contribution in [3.8, 4) is 11.5 Å². The molecule has 1 aliphatic rings. The molecule has 0 aliphatic carbocycles. The monoisotopic (exact) mass is 417 g/mol. The van der Waals surface area contributed by atoms with Gasteiger partial charge in [0.1, 0.15) is 4.32 Å². The number of non-ortho nitro benzene ring substituents is 1. The molecule has 144 valence electrons. The number of methoxy groups -OCH3 is 1. The van der Waals surface area contributed by atoms with E-state index in [0.29, 0.717) is 26.2 Å². The molecular formula is C18H15N3O5S2. The molecule has 0 radical (unpaired) electrons. The van der Waals surface area contributed by atoms with Gasteiger partial charge in [-0.15, -0.1) is 0 Å². The number of hydrogen-bond donors (Lipinski definition) is 2. The lowest BCUT2D eigenvalue weighted by Gasteiger charge is -2.16. The highest BCUT2D eigenvalue weighted by molar-refractivity contribution is 8.26. The van der Waals surface area contributed by atoms with Gasteiger partial charge in [0, 0.05) is 17.8 Å². The standard InChI is InChI=1S/C18H15N3O5S2/c1-26-15-7-11(5-6-14(15)22)8-16-17(23)20(18(27)28-16)10-19-12-3-2-4-13(9-12)21(24)25/h2-9,19,22H,10H2,1H3/b16-8+. The zero-order valence-electron chi connectivity index (χ0n) is 14.6. The van der Waals surface area contributed by atoms with Gasteiger partial charge in [-0.1, -0.05) is 36.1 Å². The Hall–Kier alpha value is -3.11. The van der Waals surface area contributed by atoms with Gasteiger partial charge in [-0.25, -0.2) is 0 Å². The van der Waals surface area contributed by atoms with Crippen LogP contribution in [0.5, 0.6) is 11.5 Å². The van der Waals surface area contributed by atoms with Crippen molar-refractivity contribution in [2.24, 2.45) is 0 Å². The van der Waals surface area contributed by atoms with Crippen LogP contribution in [0.3, 0.4) is 0 Å². The van der Waals surface area contributed by atoms with Crippen LogP contribution in [-0.4, -0.2) is 38.9 Å². The summed E-state index contributed by atoms with van der Waals surface area (Å²) < 4.78 is 5.44. The summed E-state index contributed by atoms with van der Waals surface area (Å²) in [6.45, 7) is 0.0854. The van der Waals surface area contributed by atoms with Gasteiger partial charge in [0.15, 0.2) is 11.5 Å².